The predicted octanol–water partition coefficient (Wildman–Crippen LogP) is 4.03. The molecule has 0 bridgehead atoms. The predicted molar refractivity (Wildman–Crippen MR) is 111 cm³/mol. The number of hydrogen-bond acceptors (Lipinski definition) is 4. The lowest BCUT2D eigenvalue weighted by atomic mass is 9.89. The van der Waals surface area contributed by atoms with Crippen molar-refractivity contribution in [3.8, 4) is 5.75 Å². The first-order valence-corrected chi connectivity index (χ1v) is 11.6. The Balaban J connectivity index is 1.96. The molecular formula is C18H20Br2N2O3S. The van der Waals surface area contributed by atoms with E-state index in [0.29, 0.717) is 0 Å². The fourth-order valence-electron chi connectivity index (χ4n) is 3.20. The zero-order valence-electron chi connectivity index (χ0n) is 14.4. The number of phenolic OH excluding ortho intramolecular Hbond substituents is 1. The molecule has 0 spiro atoms. The third-order valence-corrected chi connectivity index (χ3v) is 6.73. The second kappa shape index (κ2) is 7.50. The normalized spacial score (nSPS) is 17.0. The maximum Gasteiger partial charge on any atom is 0.229 e. The van der Waals surface area contributed by atoms with Crippen molar-refractivity contribution >= 4 is 47.6 Å². The lowest BCUT2D eigenvalue weighted by Gasteiger charge is -2.28. The van der Waals surface area contributed by atoms with E-state index in [1.54, 1.807) is 12.1 Å². The number of anilines is 1. The number of sulfonamides is 1. The van der Waals surface area contributed by atoms with Crippen LogP contribution in [0, 0.1) is 6.92 Å². The molecule has 1 aliphatic heterocycles. The van der Waals surface area contributed by atoms with Gasteiger partial charge < -0.3 is 10.4 Å². The second-order valence-electron chi connectivity index (χ2n) is 6.59. The molecule has 8 heteroatoms. The highest BCUT2D eigenvalue weighted by Gasteiger charge is 2.23. The molecule has 3 N–H and O–H groups in total. The van der Waals surface area contributed by atoms with Crippen LogP contribution in [0.25, 0.3) is 0 Å². The summed E-state index contributed by atoms with van der Waals surface area (Å²) >= 11 is 7.17. The molecule has 0 aliphatic carbocycles. The molecule has 1 unspecified atom stereocenters. The summed E-state index contributed by atoms with van der Waals surface area (Å²) in [4.78, 5) is 0. The van der Waals surface area contributed by atoms with Crippen LogP contribution in [0.4, 0.5) is 5.69 Å². The van der Waals surface area contributed by atoms with E-state index >= 15 is 0 Å². The lowest BCUT2D eigenvalue weighted by molar-refractivity contribution is 0.469. The fourth-order valence-corrected chi connectivity index (χ4v) is 5.04. The average molecular weight is 504 g/mol. The minimum absolute atomic E-state index is 0.0426. The average Bonchev–Trinajstić information content (AvgIpc) is 2.52. The molecule has 0 fully saturated rings. The first-order valence-electron chi connectivity index (χ1n) is 8.15. The SMILES string of the molecule is Cc1c(Br)cc(CC2NCCc3cc(O)c(NS(C)(=O)=O)cc32)cc1Br. The van der Waals surface area contributed by atoms with E-state index in [4.69, 9.17) is 0 Å². The second-order valence-corrected chi connectivity index (χ2v) is 10.0. The van der Waals surface area contributed by atoms with Gasteiger partial charge in [0.15, 0.2) is 0 Å². The number of nitrogens with one attached hydrogen (secondary N) is 2. The smallest absolute Gasteiger partial charge is 0.229 e. The van der Waals surface area contributed by atoms with Gasteiger partial charge in [-0.1, -0.05) is 31.9 Å². The number of aromatic hydroxyl groups is 1. The van der Waals surface area contributed by atoms with Crippen molar-refractivity contribution < 1.29 is 13.5 Å². The van der Waals surface area contributed by atoms with Crippen LogP contribution in [0.5, 0.6) is 5.75 Å². The maximum absolute atomic E-state index is 11.6. The zero-order valence-corrected chi connectivity index (χ0v) is 18.4. The summed E-state index contributed by atoms with van der Waals surface area (Å²) in [5.74, 6) is -0.0457. The van der Waals surface area contributed by atoms with Gasteiger partial charge in [-0.15, -0.1) is 0 Å². The fraction of sp³-hybridized carbons (Fsp3) is 0.333. The molecule has 140 valence electrons. The van der Waals surface area contributed by atoms with E-state index in [-0.39, 0.29) is 17.5 Å². The first kappa shape index (κ1) is 19.7. The molecule has 1 heterocycles. The van der Waals surface area contributed by atoms with Crippen LogP contribution in [0.2, 0.25) is 0 Å². The van der Waals surface area contributed by atoms with E-state index in [0.717, 1.165) is 56.8 Å². The topological polar surface area (TPSA) is 78.4 Å². The Kier molecular flexibility index (Phi) is 5.67. The zero-order chi connectivity index (χ0) is 19.1. The highest BCUT2D eigenvalue weighted by Crippen LogP contribution is 2.36. The van der Waals surface area contributed by atoms with Gasteiger partial charge in [-0.3, -0.25) is 4.72 Å². The summed E-state index contributed by atoms with van der Waals surface area (Å²) in [6.45, 7) is 2.85. The molecule has 1 atom stereocenters. The summed E-state index contributed by atoms with van der Waals surface area (Å²) in [5, 5.41) is 13.6. The summed E-state index contributed by atoms with van der Waals surface area (Å²) in [7, 11) is -3.46. The van der Waals surface area contributed by atoms with E-state index in [2.05, 4.69) is 54.0 Å². The Morgan fingerprint density at radius 1 is 1.23 bits per heavy atom. The molecular weight excluding hydrogens is 484 g/mol. The van der Waals surface area contributed by atoms with Crippen molar-refractivity contribution in [3.05, 3.63) is 55.5 Å². The molecule has 0 amide bonds. The quantitative estimate of drug-likeness (QED) is 0.550. The number of halogens is 2. The molecule has 26 heavy (non-hydrogen) atoms. The van der Waals surface area contributed by atoms with Crippen molar-refractivity contribution in [3.63, 3.8) is 0 Å². The number of hydrogen-bond donors (Lipinski definition) is 3. The Labute approximate surface area is 170 Å². The van der Waals surface area contributed by atoms with Crippen LogP contribution in [0.15, 0.2) is 33.2 Å². The lowest BCUT2D eigenvalue weighted by Crippen LogP contribution is -2.31. The maximum atomic E-state index is 11.6. The largest absolute Gasteiger partial charge is 0.506 e. The van der Waals surface area contributed by atoms with Gasteiger partial charge in [0, 0.05) is 15.0 Å². The molecule has 2 aromatic carbocycles. The van der Waals surface area contributed by atoms with Crippen molar-refractivity contribution in [2.45, 2.75) is 25.8 Å². The molecule has 0 saturated heterocycles. The Morgan fingerprint density at radius 3 is 2.50 bits per heavy atom. The van der Waals surface area contributed by atoms with Gasteiger partial charge in [0.1, 0.15) is 5.75 Å². The van der Waals surface area contributed by atoms with Gasteiger partial charge in [-0.2, -0.15) is 0 Å². The van der Waals surface area contributed by atoms with Gasteiger partial charge in [0.05, 0.1) is 11.9 Å². The van der Waals surface area contributed by atoms with E-state index in [1.165, 1.54) is 0 Å². The summed E-state index contributed by atoms with van der Waals surface area (Å²) < 4.78 is 27.6. The van der Waals surface area contributed by atoms with Crippen LogP contribution in [0.3, 0.4) is 0 Å². The van der Waals surface area contributed by atoms with E-state index < -0.39 is 10.0 Å². The van der Waals surface area contributed by atoms with Crippen molar-refractivity contribution in [2.24, 2.45) is 0 Å². The third-order valence-electron chi connectivity index (χ3n) is 4.49. The molecule has 3 rings (SSSR count). The minimum atomic E-state index is -3.46. The van der Waals surface area contributed by atoms with Gasteiger partial charge in [0.25, 0.3) is 0 Å². The summed E-state index contributed by atoms with van der Waals surface area (Å²) in [5.41, 5.74) is 4.57. The highest BCUT2D eigenvalue weighted by atomic mass is 79.9. The number of rotatable bonds is 4. The summed E-state index contributed by atoms with van der Waals surface area (Å²) in [6, 6.07) is 7.65. The van der Waals surface area contributed by atoms with Crippen LogP contribution in [-0.2, 0) is 22.9 Å². The van der Waals surface area contributed by atoms with Crippen molar-refractivity contribution in [2.75, 3.05) is 17.5 Å². The van der Waals surface area contributed by atoms with Gasteiger partial charge in [-0.25, -0.2) is 8.42 Å². The van der Waals surface area contributed by atoms with Crippen molar-refractivity contribution in [1.29, 1.82) is 0 Å². The van der Waals surface area contributed by atoms with E-state index in [9.17, 15) is 13.5 Å². The third kappa shape index (κ3) is 4.42. The van der Waals surface area contributed by atoms with Crippen molar-refractivity contribution in [1.82, 2.24) is 5.32 Å². The van der Waals surface area contributed by atoms with Gasteiger partial charge in [0.2, 0.25) is 10.0 Å². The van der Waals surface area contributed by atoms with Gasteiger partial charge >= 0.3 is 0 Å². The number of fused-ring (bicyclic) bond motifs is 1. The number of phenols is 1. The molecule has 5 nitrogen and oxygen atoms in total. The van der Waals surface area contributed by atoms with E-state index in [1.807, 2.05) is 6.92 Å². The Morgan fingerprint density at radius 2 is 1.88 bits per heavy atom. The molecule has 0 aromatic heterocycles. The molecule has 1 aliphatic rings. The Bertz CT molecular complexity index is 938. The Hall–Kier alpha value is -1.09. The molecule has 0 saturated carbocycles. The monoisotopic (exact) mass is 502 g/mol. The number of benzene rings is 2. The van der Waals surface area contributed by atoms with Crippen LogP contribution in [0.1, 0.15) is 28.3 Å². The highest BCUT2D eigenvalue weighted by molar-refractivity contribution is 9.11. The minimum Gasteiger partial charge on any atom is -0.506 e. The van der Waals surface area contributed by atoms with Crippen LogP contribution >= 0.6 is 31.9 Å². The molecule has 2 aromatic rings. The standard InChI is InChI=1S/C18H20Br2N2O3S/c1-10-14(19)5-11(6-15(10)20)7-16-13-9-17(22-26(2,24)25)18(23)8-12(13)3-4-21-16/h5-6,8-9,16,21-23H,3-4,7H2,1-2H3. The summed E-state index contributed by atoms with van der Waals surface area (Å²) in [6.07, 6.45) is 2.62. The molecule has 0 radical (unpaired) electrons. The van der Waals surface area contributed by atoms with Crippen LogP contribution < -0.4 is 10.0 Å². The van der Waals surface area contributed by atoms with Crippen LogP contribution in [-0.4, -0.2) is 26.3 Å². The van der Waals surface area contributed by atoms with Gasteiger partial charge in [-0.05, 0) is 72.8 Å². The first-order chi connectivity index (χ1) is 12.1.